The zero-order valence-electron chi connectivity index (χ0n) is 10.1. The Kier molecular flexibility index (Phi) is 5.50. The maximum atomic E-state index is 11.8. The van der Waals surface area contributed by atoms with Gasteiger partial charge in [-0.3, -0.25) is 14.9 Å². The lowest BCUT2D eigenvalue weighted by Gasteiger charge is -2.21. The third-order valence-electron chi connectivity index (χ3n) is 2.42. The summed E-state index contributed by atoms with van der Waals surface area (Å²) in [5.74, 6) is 1.94. The van der Waals surface area contributed by atoms with Crippen molar-refractivity contribution in [2.24, 2.45) is 0 Å². The Labute approximate surface area is 101 Å². The van der Waals surface area contributed by atoms with Gasteiger partial charge in [-0.05, 0) is 19.8 Å². The molecule has 1 rings (SSSR count). The SMILES string of the molecule is C#CCNCC(=O)N(CC(=O)OCC)C1CC1. The summed E-state index contributed by atoms with van der Waals surface area (Å²) in [4.78, 5) is 24.7. The first-order valence-electron chi connectivity index (χ1n) is 5.78. The maximum Gasteiger partial charge on any atom is 0.325 e. The van der Waals surface area contributed by atoms with Crippen molar-refractivity contribution in [3.63, 3.8) is 0 Å². The van der Waals surface area contributed by atoms with Gasteiger partial charge >= 0.3 is 5.97 Å². The number of ether oxygens (including phenoxy) is 1. The lowest BCUT2D eigenvalue weighted by atomic mass is 10.4. The van der Waals surface area contributed by atoms with Crippen LogP contribution in [-0.2, 0) is 14.3 Å². The normalized spacial score (nSPS) is 13.9. The van der Waals surface area contributed by atoms with Crippen molar-refractivity contribution in [3.8, 4) is 12.3 Å². The average molecular weight is 238 g/mol. The van der Waals surface area contributed by atoms with E-state index in [-0.39, 0.29) is 31.0 Å². The second-order valence-electron chi connectivity index (χ2n) is 3.87. The molecule has 0 aromatic heterocycles. The van der Waals surface area contributed by atoms with E-state index in [9.17, 15) is 9.59 Å². The molecule has 0 atom stereocenters. The zero-order chi connectivity index (χ0) is 12.7. The molecule has 1 aliphatic carbocycles. The van der Waals surface area contributed by atoms with Crippen LogP contribution in [0, 0.1) is 12.3 Å². The van der Waals surface area contributed by atoms with Gasteiger partial charge in [-0.2, -0.15) is 0 Å². The van der Waals surface area contributed by atoms with Gasteiger partial charge in [-0.15, -0.1) is 6.42 Å². The van der Waals surface area contributed by atoms with Crippen LogP contribution in [0.5, 0.6) is 0 Å². The number of nitrogens with zero attached hydrogens (tertiary/aromatic N) is 1. The lowest BCUT2D eigenvalue weighted by Crippen LogP contribution is -2.43. The van der Waals surface area contributed by atoms with Crippen molar-refractivity contribution in [2.75, 3.05) is 26.2 Å². The van der Waals surface area contributed by atoms with E-state index in [0.29, 0.717) is 13.2 Å². The fourth-order valence-electron chi connectivity index (χ4n) is 1.50. The van der Waals surface area contributed by atoms with E-state index in [1.165, 1.54) is 0 Å². The molecule has 0 unspecified atom stereocenters. The smallest absolute Gasteiger partial charge is 0.325 e. The first kappa shape index (κ1) is 13.5. The van der Waals surface area contributed by atoms with Crippen LogP contribution in [0.25, 0.3) is 0 Å². The zero-order valence-corrected chi connectivity index (χ0v) is 10.1. The molecule has 0 heterocycles. The van der Waals surface area contributed by atoms with E-state index < -0.39 is 0 Å². The minimum absolute atomic E-state index is 0.0368. The van der Waals surface area contributed by atoms with Crippen LogP contribution in [0.2, 0.25) is 0 Å². The average Bonchev–Trinajstić information content (AvgIpc) is 3.10. The molecule has 0 aromatic rings. The first-order valence-corrected chi connectivity index (χ1v) is 5.78. The van der Waals surface area contributed by atoms with E-state index in [0.717, 1.165) is 12.8 Å². The summed E-state index contributed by atoms with van der Waals surface area (Å²) in [7, 11) is 0. The molecule has 0 spiro atoms. The Balaban J connectivity index is 2.39. The molecule has 0 radical (unpaired) electrons. The van der Waals surface area contributed by atoms with Crippen molar-refractivity contribution in [1.82, 2.24) is 10.2 Å². The number of hydrogen-bond acceptors (Lipinski definition) is 4. The Morgan fingerprint density at radius 3 is 2.76 bits per heavy atom. The fourth-order valence-corrected chi connectivity index (χ4v) is 1.50. The number of esters is 1. The third-order valence-corrected chi connectivity index (χ3v) is 2.42. The molecule has 1 N–H and O–H groups in total. The molecular formula is C12H18N2O3. The number of carbonyl (C=O) groups is 2. The highest BCUT2D eigenvalue weighted by Crippen LogP contribution is 2.26. The molecule has 17 heavy (non-hydrogen) atoms. The number of terminal acetylenes is 1. The molecule has 1 aliphatic rings. The van der Waals surface area contributed by atoms with E-state index in [1.807, 2.05) is 0 Å². The van der Waals surface area contributed by atoms with Gasteiger partial charge < -0.3 is 9.64 Å². The molecule has 0 saturated heterocycles. The minimum Gasteiger partial charge on any atom is -0.465 e. The van der Waals surface area contributed by atoms with Crippen molar-refractivity contribution in [2.45, 2.75) is 25.8 Å². The highest BCUT2D eigenvalue weighted by Gasteiger charge is 2.33. The minimum atomic E-state index is -0.357. The summed E-state index contributed by atoms with van der Waals surface area (Å²) in [5.41, 5.74) is 0. The quantitative estimate of drug-likeness (QED) is 0.378. The van der Waals surface area contributed by atoms with Crippen LogP contribution in [0.1, 0.15) is 19.8 Å². The molecule has 5 nitrogen and oxygen atoms in total. The van der Waals surface area contributed by atoms with Gasteiger partial charge in [0.05, 0.1) is 19.7 Å². The summed E-state index contributed by atoms with van der Waals surface area (Å²) >= 11 is 0. The number of nitrogens with one attached hydrogen (secondary N) is 1. The topological polar surface area (TPSA) is 58.6 Å². The Morgan fingerprint density at radius 2 is 2.24 bits per heavy atom. The van der Waals surface area contributed by atoms with Gasteiger partial charge in [-0.25, -0.2) is 0 Å². The van der Waals surface area contributed by atoms with Gasteiger partial charge in [-0.1, -0.05) is 5.92 Å². The predicted molar refractivity (Wildman–Crippen MR) is 63.1 cm³/mol. The number of rotatable bonds is 7. The second-order valence-corrected chi connectivity index (χ2v) is 3.87. The van der Waals surface area contributed by atoms with Crippen LogP contribution in [-0.4, -0.2) is 49.1 Å². The van der Waals surface area contributed by atoms with Gasteiger partial charge in [0.1, 0.15) is 6.54 Å². The highest BCUT2D eigenvalue weighted by molar-refractivity contribution is 5.84. The van der Waals surface area contributed by atoms with Crippen molar-refractivity contribution in [1.29, 1.82) is 0 Å². The van der Waals surface area contributed by atoms with Crippen molar-refractivity contribution in [3.05, 3.63) is 0 Å². The number of amides is 1. The Hall–Kier alpha value is -1.54. The van der Waals surface area contributed by atoms with Crippen LogP contribution in [0.4, 0.5) is 0 Å². The van der Waals surface area contributed by atoms with E-state index >= 15 is 0 Å². The summed E-state index contributed by atoms with van der Waals surface area (Å²) < 4.78 is 4.84. The number of carbonyl (C=O) groups excluding carboxylic acids is 2. The maximum absolute atomic E-state index is 11.8. The van der Waals surface area contributed by atoms with Gasteiger partial charge in [0.15, 0.2) is 0 Å². The van der Waals surface area contributed by atoms with Gasteiger partial charge in [0.25, 0.3) is 0 Å². The monoisotopic (exact) mass is 238 g/mol. The molecule has 1 saturated carbocycles. The van der Waals surface area contributed by atoms with Crippen LogP contribution in [0.3, 0.4) is 0 Å². The first-order chi connectivity index (χ1) is 8.19. The summed E-state index contributed by atoms with van der Waals surface area (Å²) in [6, 6.07) is 0.194. The standard InChI is InChI=1S/C12H18N2O3/c1-3-7-13-8-11(15)14(10-5-6-10)9-12(16)17-4-2/h1,10,13H,4-9H2,2H3. The predicted octanol–water partition coefficient (Wildman–Crippen LogP) is -0.237. The van der Waals surface area contributed by atoms with Crippen molar-refractivity contribution < 1.29 is 14.3 Å². The second kappa shape index (κ2) is 6.92. The largest absolute Gasteiger partial charge is 0.465 e. The number of hydrogen-bond donors (Lipinski definition) is 1. The summed E-state index contributed by atoms with van der Waals surface area (Å²) in [6.45, 7) is 2.63. The summed E-state index contributed by atoms with van der Waals surface area (Å²) in [6.07, 6.45) is 6.99. The van der Waals surface area contributed by atoms with E-state index in [2.05, 4.69) is 11.2 Å². The fraction of sp³-hybridized carbons (Fsp3) is 0.667. The lowest BCUT2D eigenvalue weighted by molar-refractivity contribution is -0.149. The van der Waals surface area contributed by atoms with E-state index in [4.69, 9.17) is 11.2 Å². The Morgan fingerprint density at radius 1 is 1.53 bits per heavy atom. The van der Waals surface area contributed by atoms with Crippen molar-refractivity contribution >= 4 is 11.9 Å². The molecule has 0 aromatic carbocycles. The van der Waals surface area contributed by atoms with Gasteiger partial charge in [0.2, 0.25) is 5.91 Å². The molecule has 5 heteroatoms. The molecule has 0 aliphatic heterocycles. The van der Waals surface area contributed by atoms with Gasteiger partial charge in [0, 0.05) is 6.04 Å². The van der Waals surface area contributed by atoms with Crippen LogP contribution in [0.15, 0.2) is 0 Å². The third kappa shape index (κ3) is 4.87. The molecule has 1 amide bonds. The Bertz CT molecular complexity index is 318. The molecule has 1 fully saturated rings. The molecule has 94 valence electrons. The van der Waals surface area contributed by atoms with Crippen LogP contribution < -0.4 is 5.32 Å². The van der Waals surface area contributed by atoms with Crippen LogP contribution >= 0.6 is 0 Å². The van der Waals surface area contributed by atoms with E-state index in [1.54, 1.807) is 11.8 Å². The molecular weight excluding hydrogens is 220 g/mol. The summed E-state index contributed by atoms with van der Waals surface area (Å²) in [5, 5.41) is 2.82. The highest BCUT2D eigenvalue weighted by atomic mass is 16.5. The molecule has 0 bridgehead atoms.